The molecule has 0 saturated heterocycles. The summed E-state index contributed by atoms with van der Waals surface area (Å²) in [5.41, 5.74) is 1.31. The zero-order valence-electron chi connectivity index (χ0n) is 15.1. The smallest absolute Gasteiger partial charge is 0.262 e. The van der Waals surface area contributed by atoms with E-state index in [1.165, 1.54) is 39.7 Å². The van der Waals surface area contributed by atoms with Crippen LogP contribution in [0, 0.1) is 0 Å². The molecule has 0 bridgehead atoms. The molecule has 1 aliphatic carbocycles. The first-order valence-electron chi connectivity index (χ1n) is 8.98. The predicted molar refractivity (Wildman–Crippen MR) is 111 cm³/mol. The van der Waals surface area contributed by atoms with Crippen LogP contribution in [0.4, 0.5) is 0 Å². The van der Waals surface area contributed by atoms with Crippen LogP contribution in [0.2, 0.25) is 0 Å². The van der Waals surface area contributed by atoms with Crippen molar-refractivity contribution >= 4 is 39.2 Å². The number of fused-ring (bicyclic) bond motifs is 1. The van der Waals surface area contributed by atoms with Gasteiger partial charge < -0.3 is 5.32 Å². The molecule has 0 unspecified atom stereocenters. The second-order valence-electron chi connectivity index (χ2n) is 6.96. The second kappa shape index (κ2) is 7.48. The SMILES string of the molecule is Cn1c(SCC(=O)NCC2(c3ccccc3)CCC2)nc2sccc2c1=O. The Labute approximate surface area is 165 Å². The number of hydrogen-bond acceptors (Lipinski definition) is 5. The molecule has 0 aliphatic heterocycles. The van der Waals surface area contributed by atoms with Crippen molar-refractivity contribution < 1.29 is 4.79 Å². The third kappa shape index (κ3) is 3.53. The highest BCUT2D eigenvalue weighted by Crippen LogP contribution is 2.43. The van der Waals surface area contributed by atoms with Gasteiger partial charge in [0.15, 0.2) is 5.16 Å². The molecule has 3 aromatic rings. The zero-order valence-corrected chi connectivity index (χ0v) is 16.7. The first-order valence-corrected chi connectivity index (χ1v) is 10.8. The van der Waals surface area contributed by atoms with E-state index in [2.05, 4.69) is 34.6 Å². The number of carbonyl (C=O) groups is 1. The second-order valence-corrected chi connectivity index (χ2v) is 8.80. The van der Waals surface area contributed by atoms with Crippen LogP contribution < -0.4 is 10.9 Å². The molecule has 0 spiro atoms. The van der Waals surface area contributed by atoms with Crippen LogP contribution >= 0.6 is 23.1 Å². The molecule has 1 fully saturated rings. The van der Waals surface area contributed by atoms with Gasteiger partial charge in [0, 0.05) is 19.0 Å². The largest absolute Gasteiger partial charge is 0.354 e. The molecule has 1 saturated carbocycles. The quantitative estimate of drug-likeness (QED) is 0.510. The first kappa shape index (κ1) is 18.3. The van der Waals surface area contributed by atoms with Gasteiger partial charge in [-0.3, -0.25) is 14.2 Å². The van der Waals surface area contributed by atoms with E-state index in [0.717, 1.165) is 17.7 Å². The maximum atomic E-state index is 12.4. The first-order chi connectivity index (χ1) is 13.1. The van der Waals surface area contributed by atoms with Gasteiger partial charge in [-0.25, -0.2) is 4.98 Å². The number of amides is 1. The van der Waals surface area contributed by atoms with Gasteiger partial charge in [-0.15, -0.1) is 11.3 Å². The lowest BCUT2D eigenvalue weighted by Gasteiger charge is -2.42. The molecule has 1 aromatic carbocycles. The molecule has 0 atom stereocenters. The van der Waals surface area contributed by atoms with Gasteiger partial charge in [-0.1, -0.05) is 48.5 Å². The van der Waals surface area contributed by atoms with Gasteiger partial charge in [-0.05, 0) is 29.9 Å². The molecule has 0 radical (unpaired) electrons. The van der Waals surface area contributed by atoms with E-state index < -0.39 is 0 Å². The Kier molecular flexibility index (Phi) is 5.06. The minimum atomic E-state index is -0.0679. The molecule has 2 heterocycles. The molecule has 1 N–H and O–H groups in total. The van der Waals surface area contributed by atoms with Crippen LogP contribution in [0.15, 0.2) is 51.7 Å². The van der Waals surface area contributed by atoms with Gasteiger partial charge in [0.25, 0.3) is 5.56 Å². The van der Waals surface area contributed by atoms with Crippen LogP contribution in [0.5, 0.6) is 0 Å². The number of aromatic nitrogens is 2. The molecule has 1 aliphatic rings. The van der Waals surface area contributed by atoms with Crippen molar-refractivity contribution in [2.45, 2.75) is 29.8 Å². The Bertz CT molecular complexity index is 1020. The van der Waals surface area contributed by atoms with E-state index in [1.807, 2.05) is 11.4 Å². The number of nitrogens with one attached hydrogen (secondary N) is 1. The Morgan fingerprint density at radius 1 is 1.30 bits per heavy atom. The summed E-state index contributed by atoms with van der Waals surface area (Å²) >= 11 is 2.75. The number of benzene rings is 1. The van der Waals surface area contributed by atoms with E-state index in [-0.39, 0.29) is 22.6 Å². The Balaban J connectivity index is 1.39. The number of rotatable bonds is 6. The highest BCUT2D eigenvalue weighted by Gasteiger charge is 2.38. The van der Waals surface area contributed by atoms with Crippen molar-refractivity contribution in [3.63, 3.8) is 0 Å². The van der Waals surface area contributed by atoms with E-state index in [1.54, 1.807) is 13.1 Å². The number of carbonyl (C=O) groups excluding carboxylic acids is 1. The molecule has 7 heteroatoms. The van der Waals surface area contributed by atoms with Crippen molar-refractivity contribution in [3.05, 3.63) is 57.7 Å². The Hall–Kier alpha value is -2.12. The van der Waals surface area contributed by atoms with E-state index in [4.69, 9.17) is 0 Å². The van der Waals surface area contributed by atoms with Crippen molar-refractivity contribution in [3.8, 4) is 0 Å². The fourth-order valence-corrected chi connectivity index (χ4v) is 5.13. The Morgan fingerprint density at radius 3 is 2.78 bits per heavy atom. The topological polar surface area (TPSA) is 64.0 Å². The van der Waals surface area contributed by atoms with Crippen LogP contribution in [0.3, 0.4) is 0 Å². The number of hydrogen-bond donors (Lipinski definition) is 1. The van der Waals surface area contributed by atoms with Gasteiger partial charge in [0.1, 0.15) is 4.83 Å². The van der Waals surface area contributed by atoms with E-state index >= 15 is 0 Å². The zero-order chi connectivity index (χ0) is 18.9. The van der Waals surface area contributed by atoms with Gasteiger partial charge in [0.2, 0.25) is 5.91 Å². The maximum absolute atomic E-state index is 12.4. The van der Waals surface area contributed by atoms with Gasteiger partial charge >= 0.3 is 0 Å². The lowest BCUT2D eigenvalue weighted by atomic mass is 9.64. The summed E-state index contributed by atoms with van der Waals surface area (Å²) in [5, 5.41) is 6.16. The average molecular weight is 400 g/mol. The lowest BCUT2D eigenvalue weighted by Crippen LogP contribution is -2.46. The molecule has 27 heavy (non-hydrogen) atoms. The fraction of sp³-hybridized carbons (Fsp3) is 0.350. The summed E-state index contributed by atoms with van der Waals surface area (Å²) in [7, 11) is 1.70. The lowest BCUT2D eigenvalue weighted by molar-refractivity contribution is -0.119. The van der Waals surface area contributed by atoms with Crippen molar-refractivity contribution in [2.75, 3.05) is 12.3 Å². The number of nitrogens with zero attached hydrogens (tertiary/aromatic N) is 2. The summed E-state index contributed by atoms with van der Waals surface area (Å²) in [5.74, 6) is 0.227. The van der Waals surface area contributed by atoms with E-state index in [0.29, 0.717) is 17.1 Å². The summed E-state index contributed by atoms with van der Waals surface area (Å²) < 4.78 is 1.52. The highest BCUT2D eigenvalue weighted by molar-refractivity contribution is 7.99. The van der Waals surface area contributed by atoms with Gasteiger partial charge in [0.05, 0.1) is 11.1 Å². The van der Waals surface area contributed by atoms with Crippen molar-refractivity contribution in [1.29, 1.82) is 0 Å². The molecule has 2 aromatic heterocycles. The third-order valence-corrected chi connectivity index (χ3v) is 7.15. The number of thioether (sulfide) groups is 1. The molecule has 1 amide bonds. The normalized spacial score (nSPS) is 15.4. The standard InChI is InChI=1S/C20H21N3O2S2/c1-23-18(25)15-8-11-26-17(15)22-19(23)27-12-16(24)21-13-20(9-5-10-20)14-6-3-2-4-7-14/h2-4,6-8,11H,5,9-10,12-13H2,1H3,(H,21,24). The van der Waals surface area contributed by atoms with Crippen molar-refractivity contribution in [1.82, 2.24) is 14.9 Å². The molecular weight excluding hydrogens is 378 g/mol. The summed E-state index contributed by atoms with van der Waals surface area (Å²) in [6, 6.07) is 12.2. The molecular formula is C20H21N3O2S2. The minimum Gasteiger partial charge on any atom is -0.354 e. The number of thiophene rings is 1. The molecule has 4 rings (SSSR count). The highest BCUT2D eigenvalue weighted by atomic mass is 32.2. The summed E-state index contributed by atoms with van der Waals surface area (Å²) in [4.78, 5) is 30.0. The summed E-state index contributed by atoms with van der Waals surface area (Å²) in [6.07, 6.45) is 3.41. The van der Waals surface area contributed by atoms with Crippen LogP contribution in [0.25, 0.3) is 10.2 Å². The predicted octanol–water partition coefficient (Wildman–Crippen LogP) is 3.33. The average Bonchev–Trinajstić information content (AvgIpc) is 3.12. The monoisotopic (exact) mass is 399 g/mol. The van der Waals surface area contributed by atoms with Crippen LogP contribution in [0.1, 0.15) is 24.8 Å². The molecule has 140 valence electrons. The van der Waals surface area contributed by atoms with E-state index in [9.17, 15) is 9.59 Å². The van der Waals surface area contributed by atoms with Crippen molar-refractivity contribution in [2.24, 2.45) is 7.05 Å². The Morgan fingerprint density at radius 2 is 2.07 bits per heavy atom. The van der Waals surface area contributed by atoms with Gasteiger partial charge in [-0.2, -0.15) is 0 Å². The third-order valence-electron chi connectivity index (χ3n) is 5.32. The molecule has 5 nitrogen and oxygen atoms in total. The fourth-order valence-electron chi connectivity index (χ4n) is 3.52. The van der Waals surface area contributed by atoms with Crippen LogP contribution in [-0.2, 0) is 17.3 Å². The minimum absolute atomic E-state index is 0.0252. The van der Waals surface area contributed by atoms with Crippen LogP contribution in [-0.4, -0.2) is 27.8 Å². The summed E-state index contributed by atoms with van der Waals surface area (Å²) in [6.45, 7) is 0.659. The maximum Gasteiger partial charge on any atom is 0.262 e.